The summed E-state index contributed by atoms with van der Waals surface area (Å²) >= 11 is 0. The molecule has 2 rings (SSSR count). The first-order valence-electron chi connectivity index (χ1n) is 6.81. The smallest absolute Gasteiger partial charge is 0.339 e. The van der Waals surface area contributed by atoms with Crippen LogP contribution in [0.3, 0.4) is 0 Å². The van der Waals surface area contributed by atoms with Crippen molar-refractivity contribution in [1.82, 2.24) is 0 Å². The zero-order chi connectivity index (χ0) is 16.9. The Morgan fingerprint density at radius 3 is 2.39 bits per heavy atom. The summed E-state index contributed by atoms with van der Waals surface area (Å²) in [4.78, 5) is -0.00175. The number of methoxy groups -OCH3 is 1. The molecule has 124 valence electrons. The molecular formula is C15H18N2O5S. The fourth-order valence-corrected chi connectivity index (χ4v) is 2.77. The molecule has 0 aliphatic carbocycles. The first-order valence-corrected chi connectivity index (χ1v) is 8.22. The van der Waals surface area contributed by atoms with E-state index in [-0.39, 0.29) is 22.1 Å². The summed E-state index contributed by atoms with van der Waals surface area (Å²) in [5.74, 6) is 0.0969. The number of nitrogens with one attached hydrogen (secondary N) is 1. The highest BCUT2D eigenvalue weighted by atomic mass is 32.2. The van der Waals surface area contributed by atoms with Gasteiger partial charge in [0.1, 0.15) is 22.1 Å². The first-order chi connectivity index (χ1) is 10.9. The Hall–Kier alpha value is -2.45. The maximum Gasteiger partial charge on any atom is 0.339 e. The second kappa shape index (κ2) is 7.21. The van der Waals surface area contributed by atoms with Crippen molar-refractivity contribution in [3.8, 4) is 17.2 Å². The molecule has 0 unspecified atom stereocenters. The number of hydrogen-bond donors (Lipinski definition) is 3. The van der Waals surface area contributed by atoms with Gasteiger partial charge in [0.2, 0.25) is 0 Å². The van der Waals surface area contributed by atoms with Crippen molar-refractivity contribution in [3.05, 3.63) is 42.5 Å². The highest BCUT2D eigenvalue weighted by Gasteiger charge is 2.17. The van der Waals surface area contributed by atoms with Gasteiger partial charge >= 0.3 is 10.1 Å². The van der Waals surface area contributed by atoms with Crippen molar-refractivity contribution in [2.24, 2.45) is 5.73 Å². The minimum Gasteiger partial charge on any atom is -0.508 e. The van der Waals surface area contributed by atoms with Crippen molar-refractivity contribution in [2.75, 3.05) is 25.5 Å². The van der Waals surface area contributed by atoms with Gasteiger partial charge in [0.15, 0.2) is 0 Å². The molecule has 4 N–H and O–H groups in total. The molecular weight excluding hydrogens is 320 g/mol. The van der Waals surface area contributed by atoms with Crippen LogP contribution in [0.25, 0.3) is 0 Å². The molecule has 0 amide bonds. The predicted octanol–water partition coefficient (Wildman–Crippen LogP) is 1.54. The van der Waals surface area contributed by atoms with E-state index in [0.717, 1.165) is 5.69 Å². The number of aromatic hydroxyl groups is 1. The Labute approximate surface area is 134 Å². The zero-order valence-electron chi connectivity index (χ0n) is 12.5. The van der Waals surface area contributed by atoms with E-state index in [1.807, 2.05) is 0 Å². The second-order valence-electron chi connectivity index (χ2n) is 4.64. The Kier molecular flexibility index (Phi) is 5.30. The Morgan fingerprint density at radius 2 is 1.78 bits per heavy atom. The minimum atomic E-state index is -4.01. The van der Waals surface area contributed by atoms with Crippen LogP contribution in [-0.4, -0.2) is 33.7 Å². The van der Waals surface area contributed by atoms with E-state index in [0.29, 0.717) is 13.1 Å². The molecule has 2 aromatic carbocycles. The topological polar surface area (TPSA) is 111 Å². The van der Waals surface area contributed by atoms with E-state index in [9.17, 15) is 13.5 Å². The lowest BCUT2D eigenvalue weighted by molar-refractivity contribution is 0.403. The monoisotopic (exact) mass is 338 g/mol. The molecule has 0 saturated heterocycles. The molecule has 0 fully saturated rings. The van der Waals surface area contributed by atoms with E-state index in [4.69, 9.17) is 14.7 Å². The van der Waals surface area contributed by atoms with Crippen molar-refractivity contribution >= 4 is 15.8 Å². The summed E-state index contributed by atoms with van der Waals surface area (Å²) in [7, 11) is -2.61. The molecule has 0 heterocycles. The molecule has 0 saturated carbocycles. The lowest BCUT2D eigenvalue weighted by Crippen LogP contribution is -2.13. The highest BCUT2D eigenvalue weighted by molar-refractivity contribution is 7.87. The van der Waals surface area contributed by atoms with Gasteiger partial charge in [-0.2, -0.15) is 8.42 Å². The lowest BCUT2D eigenvalue weighted by Gasteiger charge is -2.10. The highest BCUT2D eigenvalue weighted by Crippen LogP contribution is 2.29. The van der Waals surface area contributed by atoms with E-state index in [1.54, 1.807) is 12.1 Å². The van der Waals surface area contributed by atoms with Gasteiger partial charge in [-0.3, -0.25) is 0 Å². The standard InChI is InChI=1S/C15H18N2O5S/c1-21-13-8-12(18)9-14(10-13)22-23(19,20)15-4-2-11(3-5-15)17-7-6-16/h2-5,8-10,17-18H,6-7,16H2,1H3. The maximum atomic E-state index is 12.3. The van der Waals surface area contributed by atoms with Crippen LogP contribution >= 0.6 is 0 Å². The number of anilines is 1. The van der Waals surface area contributed by atoms with E-state index < -0.39 is 10.1 Å². The normalized spacial score (nSPS) is 11.0. The third kappa shape index (κ3) is 4.51. The third-order valence-corrected chi connectivity index (χ3v) is 4.18. The molecule has 0 spiro atoms. The maximum absolute atomic E-state index is 12.3. The molecule has 0 aliphatic rings. The average molecular weight is 338 g/mol. The van der Waals surface area contributed by atoms with Crippen LogP contribution in [0, 0.1) is 0 Å². The fourth-order valence-electron chi connectivity index (χ4n) is 1.85. The Bertz CT molecular complexity index is 760. The number of nitrogens with two attached hydrogens (primary N) is 1. The number of ether oxygens (including phenoxy) is 1. The third-order valence-electron chi connectivity index (χ3n) is 2.92. The molecule has 0 bridgehead atoms. The number of hydrogen-bond acceptors (Lipinski definition) is 7. The van der Waals surface area contributed by atoms with Crippen LogP contribution in [0.1, 0.15) is 0 Å². The molecule has 0 aliphatic heterocycles. The number of phenolic OH excluding ortho intramolecular Hbond substituents is 1. The Morgan fingerprint density at radius 1 is 1.13 bits per heavy atom. The van der Waals surface area contributed by atoms with E-state index in [2.05, 4.69) is 5.32 Å². The fraction of sp³-hybridized carbons (Fsp3) is 0.200. The molecule has 8 heteroatoms. The zero-order valence-corrected chi connectivity index (χ0v) is 13.3. The second-order valence-corrected chi connectivity index (χ2v) is 6.19. The lowest BCUT2D eigenvalue weighted by atomic mass is 10.3. The minimum absolute atomic E-state index is 0.00175. The van der Waals surface area contributed by atoms with Gasteiger partial charge in [-0.25, -0.2) is 0 Å². The number of phenols is 1. The van der Waals surface area contributed by atoms with Gasteiger partial charge < -0.3 is 25.1 Å². The molecule has 23 heavy (non-hydrogen) atoms. The molecule has 2 aromatic rings. The SMILES string of the molecule is COc1cc(O)cc(OS(=O)(=O)c2ccc(NCCN)cc2)c1. The number of benzene rings is 2. The van der Waals surface area contributed by atoms with Crippen LogP contribution in [0.2, 0.25) is 0 Å². The summed E-state index contributed by atoms with van der Waals surface area (Å²) < 4.78 is 34.5. The first kappa shape index (κ1) is 16.9. The number of rotatable bonds is 7. The van der Waals surface area contributed by atoms with Crippen molar-refractivity contribution in [3.63, 3.8) is 0 Å². The molecule has 0 aromatic heterocycles. The van der Waals surface area contributed by atoms with Crippen molar-refractivity contribution in [1.29, 1.82) is 0 Å². The quantitative estimate of drug-likeness (QED) is 0.657. The van der Waals surface area contributed by atoms with Crippen LogP contribution in [0.4, 0.5) is 5.69 Å². The van der Waals surface area contributed by atoms with E-state index in [1.165, 1.54) is 37.4 Å². The molecule has 0 atom stereocenters. The van der Waals surface area contributed by atoms with Gasteiger partial charge in [0.25, 0.3) is 0 Å². The molecule has 0 radical (unpaired) electrons. The van der Waals surface area contributed by atoms with Gasteiger partial charge in [-0.15, -0.1) is 0 Å². The summed E-state index contributed by atoms with van der Waals surface area (Å²) in [6.45, 7) is 1.06. The van der Waals surface area contributed by atoms with Crippen LogP contribution in [-0.2, 0) is 10.1 Å². The van der Waals surface area contributed by atoms with Gasteiger partial charge in [0.05, 0.1) is 7.11 Å². The predicted molar refractivity (Wildman–Crippen MR) is 86.5 cm³/mol. The van der Waals surface area contributed by atoms with Crippen LogP contribution in [0.5, 0.6) is 17.2 Å². The summed E-state index contributed by atoms with van der Waals surface area (Å²) in [6.07, 6.45) is 0. The summed E-state index contributed by atoms with van der Waals surface area (Å²) in [5.41, 5.74) is 6.15. The van der Waals surface area contributed by atoms with Crippen LogP contribution in [0.15, 0.2) is 47.4 Å². The molecule has 7 nitrogen and oxygen atoms in total. The summed E-state index contributed by atoms with van der Waals surface area (Å²) in [5, 5.41) is 12.6. The van der Waals surface area contributed by atoms with Gasteiger partial charge in [0, 0.05) is 37.0 Å². The van der Waals surface area contributed by atoms with Crippen molar-refractivity contribution < 1.29 is 22.4 Å². The average Bonchev–Trinajstić information content (AvgIpc) is 2.52. The van der Waals surface area contributed by atoms with Gasteiger partial charge in [-0.1, -0.05) is 0 Å². The van der Waals surface area contributed by atoms with E-state index >= 15 is 0 Å². The largest absolute Gasteiger partial charge is 0.508 e. The van der Waals surface area contributed by atoms with Crippen LogP contribution < -0.4 is 20.0 Å². The van der Waals surface area contributed by atoms with Gasteiger partial charge in [-0.05, 0) is 24.3 Å². The van der Waals surface area contributed by atoms with Crippen molar-refractivity contribution in [2.45, 2.75) is 4.90 Å². The summed E-state index contributed by atoms with van der Waals surface area (Å²) in [6, 6.07) is 10.00. The Balaban J connectivity index is 2.20.